The Morgan fingerprint density at radius 2 is 2.18 bits per heavy atom. The van der Waals surface area contributed by atoms with Crippen LogP contribution in [0.5, 0.6) is 5.75 Å². The number of carbonyl (C=O) groups excluding carboxylic acids is 1. The minimum absolute atomic E-state index is 0.0722. The van der Waals surface area contributed by atoms with E-state index < -0.39 is 5.83 Å². The summed E-state index contributed by atoms with van der Waals surface area (Å²) in [4.78, 5) is 24.8. The van der Waals surface area contributed by atoms with Crippen LogP contribution in [-0.2, 0) is 11.4 Å². The van der Waals surface area contributed by atoms with Gasteiger partial charge in [-0.3, -0.25) is 14.8 Å². The van der Waals surface area contributed by atoms with Crippen molar-refractivity contribution in [3.05, 3.63) is 70.5 Å². The SMILES string of the molecule is CCC(=O)NC(C)c1cncc(Cl)c1COc1cccc2c(N=CC(F)=CN)cc(C)nc12. The van der Waals surface area contributed by atoms with E-state index >= 15 is 0 Å². The van der Waals surface area contributed by atoms with Gasteiger partial charge in [-0.15, -0.1) is 0 Å². The maximum Gasteiger partial charge on any atom is 0.220 e. The Balaban J connectivity index is 1.95. The predicted molar refractivity (Wildman–Crippen MR) is 128 cm³/mol. The molecule has 7 nitrogen and oxygen atoms in total. The number of aliphatic imine (C=N–C) groups is 1. The highest BCUT2D eigenvalue weighted by atomic mass is 35.5. The van der Waals surface area contributed by atoms with Crippen LogP contribution in [0, 0.1) is 6.92 Å². The second-order valence-corrected chi connectivity index (χ2v) is 7.77. The predicted octanol–water partition coefficient (Wildman–Crippen LogP) is 5.23. The first-order valence-electron chi connectivity index (χ1n) is 10.4. The lowest BCUT2D eigenvalue weighted by Crippen LogP contribution is -2.26. The molecule has 3 rings (SSSR count). The summed E-state index contributed by atoms with van der Waals surface area (Å²) in [5.41, 5.74) is 8.48. The van der Waals surface area contributed by atoms with E-state index in [9.17, 15) is 9.18 Å². The fourth-order valence-electron chi connectivity index (χ4n) is 3.30. The number of nitrogens with zero attached hydrogens (tertiary/aromatic N) is 3. The van der Waals surface area contributed by atoms with E-state index in [2.05, 4.69) is 20.3 Å². The van der Waals surface area contributed by atoms with E-state index in [-0.39, 0.29) is 18.6 Å². The standard InChI is InChI=1S/C24H25ClFN5O2/c1-4-23(32)31-15(3)18-11-28-12-20(25)19(18)13-33-22-7-5-6-17-21(29-10-16(26)9-27)8-14(2)30-24(17)22/h5-12,15H,4,13,27H2,1-3H3,(H,31,32). The van der Waals surface area contributed by atoms with Gasteiger partial charge in [0, 0.05) is 47.2 Å². The molecule has 9 heteroatoms. The molecule has 3 aromatic rings. The molecule has 1 atom stereocenters. The van der Waals surface area contributed by atoms with Gasteiger partial charge in [0.1, 0.15) is 17.9 Å². The Bertz CT molecular complexity index is 1230. The Kier molecular flexibility index (Phi) is 7.95. The van der Waals surface area contributed by atoms with Crippen LogP contribution in [0.4, 0.5) is 10.1 Å². The van der Waals surface area contributed by atoms with Crippen molar-refractivity contribution in [1.29, 1.82) is 0 Å². The van der Waals surface area contributed by atoms with E-state index in [4.69, 9.17) is 22.1 Å². The van der Waals surface area contributed by atoms with Gasteiger partial charge in [-0.1, -0.05) is 30.7 Å². The van der Waals surface area contributed by atoms with E-state index in [1.165, 1.54) is 6.20 Å². The normalized spacial score (nSPS) is 12.8. The molecule has 172 valence electrons. The highest BCUT2D eigenvalue weighted by Crippen LogP contribution is 2.33. The molecule has 0 aliphatic carbocycles. The number of aryl methyl sites for hydroxylation is 1. The highest BCUT2D eigenvalue weighted by Gasteiger charge is 2.17. The number of amides is 1. The third-order valence-corrected chi connectivity index (χ3v) is 5.30. The molecule has 0 aliphatic rings. The second-order valence-electron chi connectivity index (χ2n) is 7.37. The molecule has 2 heterocycles. The topological polar surface area (TPSA) is 102 Å². The second kappa shape index (κ2) is 10.9. The Labute approximate surface area is 196 Å². The van der Waals surface area contributed by atoms with Gasteiger partial charge in [-0.2, -0.15) is 0 Å². The van der Waals surface area contributed by atoms with Crippen LogP contribution in [0.2, 0.25) is 5.02 Å². The van der Waals surface area contributed by atoms with Gasteiger partial charge in [0.2, 0.25) is 5.91 Å². The van der Waals surface area contributed by atoms with E-state index in [0.717, 1.165) is 18.0 Å². The van der Waals surface area contributed by atoms with Gasteiger partial charge in [-0.25, -0.2) is 9.37 Å². The summed E-state index contributed by atoms with van der Waals surface area (Å²) in [6.07, 6.45) is 5.48. The van der Waals surface area contributed by atoms with E-state index in [1.807, 2.05) is 26.0 Å². The number of nitrogens with two attached hydrogens (primary N) is 1. The minimum atomic E-state index is -0.644. The molecule has 0 radical (unpaired) electrons. The summed E-state index contributed by atoms with van der Waals surface area (Å²) in [6.45, 7) is 5.62. The summed E-state index contributed by atoms with van der Waals surface area (Å²) < 4.78 is 19.6. The molecule has 33 heavy (non-hydrogen) atoms. The van der Waals surface area contributed by atoms with Crippen LogP contribution < -0.4 is 15.8 Å². The van der Waals surface area contributed by atoms with Gasteiger partial charge in [0.05, 0.1) is 23.0 Å². The average molecular weight is 470 g/mol. The van der Waals surface area contributed by atoms with E-state index in [1.54, 1.807) is 25.3 Å². The van der Waals surface area contributed by atoms with Gasteiger partial charge >= 0.3 is 0 Å². The van der Waals surface area contributed by atoms with Crippen molar-refractivity contribution >= 4 is 40.3 Å². The number of fused-ring (bicyclic) bond motifs is 1. The summed E-state index contributed by atoms with van der Waals surface area (Å²) in [5.74, 6) is -0.196. The van der Waals surface area contributed by atoms with Gasteiger partial charge in [0.25, 0.3) is 0 Å². The number of benzene rings is 1. The van der Waals surface area contributed by atoms with Crippen LogP contribution in [0.15, 0.2) is 53.7 Å². The van der Waals surface area contributed by atoms with Crippen molar-refractivity contribution in [3.63, 3.8) is 0 Å². The molecule has 0 aliphatic heterocycles. The first kappa shape index (κ1) is 24.1. The van der Waals surface area contributed by atoms with Crippen molar-refractivity contribution < 1.29 is 13.9 Å². The van der Waals surface area contributed by atoms with Crippen LogP contribution in [0.3, 0.4) is 0 Å². The summed E-state index contributed by atoms with van der Waals surface area (Å²) in [5, 5.41) is 4.05. The molecule has 3 N–H and O–H groups in total. The number of halogens is 2. The number of aromatic nitrogens is 2. The molecule has 1 aromatic carbocycles. The maximum atomic E-state index is 13.5. The lowest BCUT2D eigenvalue weighted by atomic mass is 10.0. The number of hydrogen-bond donors (Lipinski definition) is 2. The van der Waals surface area contributed by atoms with Crippen molar-refractivity contribution in [3.8, 4) is 5.75 Å². The lowest BCUT2D eigenvalue weighted by molar-refractivity contribution is -0.121. The number of hydrogen-bond acceptors (Lipinski definition) is 6. The van der Waals surface area contributed by atoms with Gasteiger partial charge < -0.3 is 15.8 Å². The summed E-state index contributed by atoms with van der Waals surface area (Å²) in [6, 6.07) is 6.89. The third-order valence-electron chi connectivity index (χ3n) is 4.97. The number of allylic oxidation sites excluding steroid dienone is 1. The fraction of sp³-hybridized carbons (Fsp3) is 0.250. The molecule has 0 saturated carbocycles. The molecule has 1 unspecified atom stereocenters. The fourth-order valence-corrected chi connectivity index (χ4v) is 3.52. The zero-order valence-electron chi connectivity index (χ0n) is 18.6. The van der Waals surface area contributed by atoms with Crippen LogP contribution in [0.1, 0.15) is 43.1 Å². The third kappa shape index (κ3) is 5.84. The Morgan fingerprint density at radius 3 is 2.91 bits per heavy atom. The lowest BCUT2D eigenvalue weighted by Gasteiger charge is -2.19. The number of nitrogens with one attached hydrogen (secondary N) is 1. The molecule has 1 amide bonds. The molecular formula is C24H25ClFN5O2. The van der Waals surface area contributed by atoms with Crippen molar-refractivity contribution in [2.75, 3.05) is 0 Å². The first-order valence-corrected chi connectivity index (χ1v) is 10.8. The maximum absolute atomic E-state index is 13.5. The Hall–Kier alpha value is -3.52. The summed E-state index contributed by atoms with van der Waals surface area (Å²) in [7, 11) is 0. The number of ether oxygens (including phenoxy) is 1. The zero-order valence-corrected chi connectivity index (χ0v) is 19.4. The van der Waals surface area contributed by atoms with Crippen molar-refractivity contribution in [1.82, 2.24) is 15.3 Å². The first-order chi connectivity index (χ1) is 15.8. The van der Waals surface area contributed by atoms with Crippen LogP contribution >= 0.6 is 11.6 Å². The molecule has 0 saturated heterocycles. The largest absolute Gasteiger partial charge is 0.487 e. The molecule has 0 spiro atoms. The molecule has 0 bridgehead atoms. The van der Waals surface area contributed by atoms with Crippen LogP contribution in [-0.4, -0.2) is 22.1 Å². The number of carbonyl (C=O) groups is 1. The molecular weight excluding hydrogens is 445 g/mol. The van der Waals surface area contributed by atoms with Crippen molar-refractivity contribution in [2.24, 2.45) is 10.7 Å². The smallest absolute Gasteiger partial charge is 0.220 e. The monoisotopic (exact) mass is 469 g/mol. The van der Waals surface area contributed by atoms with Gasteiger partial charge in [-0.05, 0) is 26.0 Å². The van der Waals surface area contributed by atoms with Crippen molar-refractivity contribution in [2.45, 2.75) is 39.8 Å². The highest BCUT2D eigenvalue weighted by molar-refractivity contribution is 6.31. The molecule has 2 aromatic heterocycles. The zero-order chi connectivity index (χ0) is 24.0. The van der Waals surface area contributed by atoms with Gasteiger partial charge in [0.15, 0.2) is 5.83 Å². The summed E-state index contributed by atoms with van der Waals surface area (Å²) >= 11 is 6.42. The minimum Gasteiger partial charge on any atom is -0.487 e. The average Bonchev–Trinajstić information content (AvgIpc) is 2.81. The quantitative estimate of drug-likeness (QED) is 0.440. The van der Waals surface area contributed by atoms with Crippen LogP contribution in [0.25, 0.3) is 10.9 Å². The number of para-hydroxylation sites is 1. The number of rotatable bonds is 8. The molecule has 0 fully saturated rings. The van der Waals surface area contributed by atoms with E-state index in [0.29, 0.717) is 45.0 Å². The number of pyridine rings is 2. The Morgan fingerprint density at radius 1 is 1.39 bits per heavy atom.